The quantitative estimate of drug-likeness (QED) is 0.857. The predicted octanol–water partition coefficient (Wildman–Crippen LogP) is 2.02. The SMILES string of the molecule is CNC(=O)CSc1nccn1-c1cccc(C)c1. The first kappa shape index (κ1) is 12.7. The van der Waals surface area contributed by atoms with Gasteiger partial charge in [-0.15, -0.1) is 0 Å². The summed E-state index contributed by atoms with van der Waals surface area (Å²) in [6.45, 7) is 2.05. The molecule has 0 fully saturated rings. The molecule has 94 valence electrons. The molecule has 5 heteroatoms. The van der Waals surface area contributed by atoms with E-state index in [1.165, 1.54) is 17.3 Å². The largest absolute Gasteiger partial charge is 0.358 e. The molecular formula is C13H15N3OS. The van der Waals surface area contributed by atoms with Crippen LogP contribution in [0.1, 0.15) is 5.56 Å². The minimum Gasteiger partial charge on any atom is -0.358 e. The molecule has 4 nitrogen and oxygen atoms in total. The Labute approximate surface area is 110 Å². The van der Waals surface area contributed by atoms with Crippen molar-refractivity contribution in [3.05, 3.63) is 42.2 Å². The molecule has 1 N–H and O–H groups in total. The van der Waals surface area contributed by atoms with Crippen molar-refractivity contribution in [1.29, 1.82) is 0 Å². The summed E-state index contributed by atoms with van der Waals surface area (Å²) in [7, 11) is 1.63. The van der Waals surface area contributed by atoms with Crippen molar-refractivity contribution in [3.8, 4) is 5.69 Å². The summed E-state index contributed by atoms with van der Waals surface area (Å²) in [5, 5.41) is 3.42. The number of aromatic nitrogens is 2. The van der Waals surface area contributed by atoms with Crippen LogP contribution in [0.25, 0.3) is 5.69 Å². The number of hydrogen-bond donors (Lipinski definition) is 1. The van der Waals surface area contributed by atoms with Crippen molar-refractivity contribution in [2.24, 2.45) is 0 Å². The fraction of sp³-hybridized carbons (Fsp3) is 0.231. The molecule has 0 spiro atoms. The van der Waals surface area contributed by atoms with E-state index in [0.29, 0.717) is 5.75 Å². The fourth-order valence-electron chi connectivity index (χ4n) is 1.57. The van der Waals surface area contributed by atoms with Gasteiger partial charge < -0.3 is 5.32 Å². The lowest BCUT2D eigenvalue weighted by Gasteiger charge is -2.07. The molecule has 18 heavy (non-hydrogen) atoms. The molecule has 2 rings (SSSR count). The maximum absolute atomic E-state index is 11.2. The fourth-order valence-corrected chi connectivity index (χ4v) is 2.42. The van der Waals surface area contributed by atoms with Gasteiger partial charge in [-0.25, -0.2) is 4.98 Å². The zero-order valence-electron chi connectivity index (χ0n) is 10.4. The minimum atomic E-state index is -0.00112. The molecule has 0 saturated carbocycles. The summed E-state index contributed by atoms with van der Waals surface area (Å²) in [6, 6.07) is 8.18. The van der Waals surface area contributed by atoms with Crippen molar-refractivity contribution in [1.82, 2.24) is 14.9 Å². The van der Waals surface area contributed by atoms with E-state index in [0.717, 1.165) is 10.8 Å². The molecule has 1 heterocycles. The van der Waals surface area contributed by atoms with Crippen LogP contribution in [0.15, 0.2) is 41.8 Å². The van der Waals surface area contributed by atoms with E-state index in [1.807, 2.05) is 22.9 Å². The molecular weight excluding hydrogens is 246 g/mol. The third-order valence-electron chi connectivity index (χ3n) is 2.50. The zero-order valence-corrected chi connectivity index (χ0v) is 11.2. The van der Waals surface area contributed by atoms with Gasteiger partial charge in [-0.2, -0.15) is 0 Å². The third kappa shape index (κ3) is 2.92. The summed E-state index contributed by atoms with van der Waals surface area (Å²) in [4.78, 5) is 15.5. The van der Waals surface area contributed by atoms with Crippen LogP contribution in [0, 0.1) is 6.92 Å². The first-order valence-corrected chi connectivity index (χ1v) is 6.63. The summed E-state index contributed by atoms with van der Waals surface area (Å²) in [5.41, 5.74) is 2.26. The van der Waals surface area contributed by atoms with Crippen molar-refractivity contribution in [2.75, 3.05) is 12.8 Å². The van der Waals surface area contributed by atoms with Crippen LogP contribution in [0.3, 0.4) is 0 Å². The molecule has 0 aliphatic carbocycles. The molecule has 0 unspecified atom stereocenters. The number of imidazole rings is 1. The van der Waals surface area contributed by atoms with E-state index in [2.05, 4.69) is 29.4 Å². The van der Waals surface area contributed by atoms with Gasteiger partial charge >= 0.3 is 0 Å². The van der Waals surface area contributed by atoms with Gasteiger partial charge in [0, 0.05) is 25.1 Å². The highest BCUT2D eigenvalue weighted by Crippen LogP contribution is 2.20. The maximum atomic E-state index is 11.2. The normalized spacial score (nSPS) is 10.3. The number of carbonyl (C=O) groups excluding carboxylic acids is 1. The van der Waals surface area contributed by atoms with E-state index < -0.39 is 0 Å². The number of nitrogens with zero attached hydrogens (tertiary/aromatic N) is 2. The van der Waals surface area contributed by atoms with Gasteiger partial charge in [-0.05, 0) is 24.6 Å². The second-order valence-corrected chi connectivity index (χ2v) is 4.82. The summed E-state index contributed by atoms with van der Waals surface area (Å²) in [5.74, 6) is 0.373. The molecule has 0 atom stereocenters. The van der Waals surface area contributed by atoms with Gasteiger partial charge in [0.1, 0.15) is 0 Å². The molecule has 1 aromatic heterocycles. The lowest BCUT2D eigenvalue weighted by molar-refractivity contribution is -0.118. The first-order chi connectivity index (χ1) is 8.70. The highest BCUT2D eigenvalue weighted by molar-refractivity contribution is 7.99. The smallest absolute Gasteiger partial charge is 0.230 e. The van der Waals surface area contributed by atoms with E-state index >= 15 is 0 Å². The number of rotatable bonds is 4. The van der Waals surface area contributed by atoms with Gasteiger partial charge in [0.2, 0.25) is 5.91 Å². The third-order valence-corrected chi connectivity index (χ3v) is 3.46. The number of hydrogen-bond acceptors (Lipinski definition) is 3. The van der Waals surface area contributed by atoms with Crippen molar-refractivity contribution >= 4 is 17.7 Å². The van der Waals surface area contributed by atoms with E-state index in [-0.39, 0.29) is 5.91 Å². The molecule has 0 bridgehead atoms. The molecule has 0 saturated heterocycles. The predicted molar refractivity (Wildman–Crippen MR) is 73.1 cm³/mol. The summed E-state index contributed by atoms with van der Waals surface area (Å²) < 4.78 is 1.99. The maximum Gasteiger partial charge on any atom is 0.230 e. The average Bonchev–Trinajstić information content (AvgIpc) is 2.84. The lowest BCUT2D eigenvalue weighted by atomic mass is 10.2. The number of benzene rings is 1. The summed E-state index contributed by atoms with van der Waals surface area (Å²) >= 11 is 1.43. The number of thioether (sulfide) groups is 1. The Bertz CT molecular complexity index is 551. The van der Waals surface area contributed by atoms with Crippen LogP contribution in [0.5, 0.6) is 0 Å². The standard InChI is InChI=1S/C13H15N3OS/c1-10-4-3-5-11(8-10)16-7-6-15-13(16)18-9-12(17)14-2/h3-8H,9H2,1-2H3,(H,14,17). The Balaban J connectivity index is 2.20. The highest BCUT2D eigenvalue weighted by atomic mass is 32.2. The van der Waals surface area contributed by atoms with Crippen LogP contribution in [0.4, 0.5) is 0 Å². The lowest BCUT2D eigenvalue weighted by Crippen LogP contribution is -2.20. The van der Waals surface area contributed by atoms with Crippen LogP contribution < -0.4 is 5.32 Å². The van der Waals surface area contributed by atoms with Crippen molar-refractivity contribution < 1.29 is 4.79 Å². The molecule has 2 aromatic rings. The van der Waals surface area contributed by atoms with E-state index in [4.69, 9.17) is 0 Å². The number of aryl methyl sites for hydroxylation is 1. The average molecular weight is 261 g/mol. The van der Waals surface area contributed by atoms with Gasteiger partial charge in [0.25, 0.3) is 0 Å². The highest BCUT2D eigenvalue weighted by Gasteiger charge is 2.07. The minimum absolute atomic E-state index is 0.00112. The second-order valence-electron chi connectivity index (χ2n) is 3.88. The monoisotopic (exact) mass is 261 g/mol. The number of nitrogens with one attached hydrogen (secondary N) is 1. The zero-order chi connectivity index (χ0) is 13.0. The van der Waals surface area contributed by atoms with Gasteiger partial charge in [0.05, 0.1) is 5.75 Å². The van der Waals surface area contributed by atoms with Crippen molar-refractivity contribution in [3.63, 3.8) is 0 Å². The Kier molecular flexibility index (Phi) is 4.04. The first-order valence-electron chi connectivity index (χ1n) is 5.64. The van der Waals surface area contributed by atoms with Crippen LogP contribution in [-0.4, -0.2) is 28.3 Å². The van der Waals surface area contributed by atoms with Crippen LogP contribution in [0.2, 0.25) is 0 Å². The number of carbonyl (C=O) groups is 1. The van der Waals surface area contributed by atoms with E-state index in [1.54, 1.807) is 13.2 Å². The Morgan fingerprint density at radius 3 is 3.06 bits per heavy atom. The topological polar surface area (TPSA) is 46.9 Å². The van der Waals surface area contributed by atoms with Gasteiger partial charge in [0.15, 0.2) is 5.16 Å². The van der Waals surface area contributed by atoms with Crippen LogP contribution in [-0.2, 0) is 4.79 Å². The summed E-state index contributed by atoms with van der Waals surface area (Å²) in [6.07, 6.45) is 3.65. The molecule has 1 aromatic carbocycles. The van der Waals surface area contributed by atoms with Gasteiger partial charge in [-0.3, -0.25) is 9.36 Å². The molecule has 0 radical (unpaired) electrons. The van der Waals surface area contributed by atoms with Crippen LogP contribution >= 0.6 is 11.8 Å². The molecule has 0 aliphatic rings. The molecule has 1 amide bonds. The van der Waals surface area contributed by atoms with Crippen molar-refractivity contribution in [2.45, 2.75) is 12.1 Å². The van der Waals surface area contributed by atoms with Gasteiger partial charge in [-0.1, -0.05) is 23.9 Å². The Morgan fingerprint density at radius 1 is 1.50 bits per heavy atom. The Morgan fingerprint density at radius 2 is 2.33 bits per heavy atom. The molecule has 0 aliphatic heterocycles. The van der Waals surface area contributed by atoms with E-state index in [9.17, 15) is 4.79 Å². The Hall–Kier alpha value is -1.75. The second kappa shape index (κ2) is 5.73. The number of amides is 1.